The van der Waals surface area contributed by atoms with Crippen LogP contribution in [0.4, 0.5) is 17.2 Å². The predicted molar refractivity (Wildman–Crippen MR) is 131 cm³/mol. The third-order valence-corrected chi connectivity index (χ3v) is 5.50. The van der Waals surface area contributed by atoms with Gasteiger partial charge in [0.2, 0.25) is 0 Å². The van der Waals surface area contributed by atoms with E-state index in [4.69, 9.17) is 16.2 Å². The molecule has 0 saturated carbocycles. The summed E-state index contributed by atoms with van der Waals surface area (Å²) in [6, 6.07) is 16.3. The molecule has 1 aromatic heterocycles. The Hall–Kier alpha value is -3.82. The van der Waals surface area contributed by atoms with Gasteiger partial charge in [-0.05, 0) is 53.9 Å². The number of amides is 1. The molecule has 5 N–H and O–H groups in total. The monoisotopic (exact) mass is 463 g/mol. The molecule has 2 unspecified atom stereocenters. The summed E-state index contributed by atoms with van der Waals surface area (Å²) in [7, 11) is 0. The van der Waals surface area contributed by atoms with Crippen LogP contribution >= 0.6 is 0 Å². The first-order valence-electron chi connectivity index (χ1n) is 11.1. The van der Waals surface area contributed by atoms with Crippen LogP contribution in [0.5, 0.6) is 0 Å². The molecule has 1 amide bonds. The number of anilines is 2. The minimum atomic E-state index is -0.430. The molecule has 9 nitrogen and oxygen atoms in total. The van der Waals surface area contributed by atoms with E-state index in [0.717, 1.165) is 30.4 Å². The van der Waals surface area contributed by atoms with Crippen molar-refractivity contribution in [3.63, 3.8) is 0 Å². The van der Waals surface area contributed by atoms with E-state index in [1.165, 1.54) is 12.1 Å². The lowest BCUT2D eigenvalue weighted by molar-refractivity contribution is -0.384. The summed E-state index contributed by atoms with van der Waals surface area (Å²) in [5.41, 5.74) is 15.0. The normalized spacial score (nSPS) is 12.6. The minimum absolute atomic E-state index is 0.0401. The fourth-order valence-electron chi connectivity index (χ4n) is 3.48. The summed E-state index contributed by atoms with van der Waals surface area (Å²) in [6.45, 7) is 2.40. The van der Waals surface area contributed by atoms with Crippen LogP contribution in [-0.2, 0) is 11.3 Å². The van der Waals surface area contributed by atoms with Crippen LogP contribution in [0.15, 0.2) is 66.9 Å². The smallest absolute Gasteiger partial charge is 0.269 e. The highest BCUT2D eigenvalue weighted by Gasteiger charge is 2.21. The summed E-state index contributed by atoms with van der Waals surface area (Å²) < 4.78 is 6.12. The number of non-ortho nitro benzene ring substituents is 1. The molecular weight excluding hydrogens is 434 g/mol. The Kier molecular flexibility index (Phi) is 8.66. The van der Waals surface area contributed by atoms with Crippen molar-refractivity contribution in [1.82, 2.24) is 4.98 Å². The Labute approximate surface area is 198 Å². The van der Waals surface area contributed by atoms with Gasteiger partial charge in [0.05, 0.1) is 29.4 Å². The number of unbranched alkanes of at least 4 members (excludes halogenated alkanes) is 1. The van der Waals surface area contributed by atoms with Crippen LogP contribution in [0.3, 0.4) is 0 Å². The van der Waals surface area contributed by atoms with Crippen LogP contribution in [-0.4, -0.2) is 21.9 Å². The zero-order valence-electron chi connectivity index (χ0n) is 19.0. The molecule has 0 radical (unpaired) electrons. The van der Waals surface area contributed by atoms with Crippen molar-refractivity contribution in [3.8, 4) is 0 Å². The van der Waals surface area contributed by atoms with Gasteiger partial charge >= 0.3 is 0 Å². The molecule has 9 heteroatoms. The zero-order valence-corrected chi connectivity index (χ0v) is 19.0. The molecule has 0 fully saturated rings. The molecule has 3 rings (SSSR count). The number of rotatable bonds is 11. The zero-order chi connectivity index (χ0) is 24.5. The van der Waals surface area contributed by atoms with Crippen LogP contribution in [0.25, 0.3) is 0 Å². The van der Waals surface area contributed by atoms with Gasteiger partial charge in [0.25, 0.3) is 11.6 Å². The highest BCUT2D eigenvalue weighted by Crippen LogP contribution is 2.24. The molecule has 1 heterocycles. The molecule has 2 atom stereocenters. The Bertz CT molecular complexity index is 1100. The first kappa shape index (κ1) is 24.8. The average Bonchev–Trinajstić information content (AvgIpc) is 2.85. The molecule has 0 aliphatic carbocycles. The van der Waals surface area contributed by atoms with Gasteiger partial charge in [0, 0.05) is 23.9 Å². The SMILES string of the molecule is CCCCC(OCc1ccc([N+](=O)[O-])cc1)C(N)c1ccc(C(=O)Nc2cccnc2N)cc1. The number of nitro groups is 1. The second-order valence-electron chi connectivity index (χ2n) is 7.95. The number of pyridine rings is 1. The molecule has 0 aliphatic rings. The van der Waals surface area contributed by atoms with E-state index in [2.05, 4.69) is 17.2 Å². The van der Waals surface area contributed by atoms with Crippen LogP contribution in [0.1, 0.15) is 53.7 Å². The van der Waals surface area contributed by atoms with Gasteiger partial charge in [-0.3, -0.25) is 14.9 Å². The minimum Gasteiger partial charge on any atom is -0.382 e. The maximum Gasteiger partial charge on any atom is 0.269 e. The molecule has 34 heavy (non-hydrogen) atoms. The largest absolute Gasteiger partial charge is 0.382 e. The number of carbonyl (C=O) groups is 1. The van der Waals surface area contributed by atoms with E-state index in [9.17, 15) is 14.9 Å². The second kappa shape index (κ2) is 11.9. The topological polar surface area (TPSA) is 146 Å². The maximum atomic E-state index is 12.6. The third-order valence-electron chi connectivity index (χ3n) is 5.50. The van der Waals surface area contributed by atoms with Crippen LogP contribution < -0.4 is 16.8 Å². The Balaban J connectivity index is 1.65. The number of hydrogen-bond acceptors (Lipinski definition) is 7. The van der Waals surface area contributed by atoms with E-state index in [1.54, 1.807) is 42.6 Å². The molecule has 0 saturated heterocycles. The van der Waals surface area contributed by atoms with Crippen molar-refractivity contribution in [1.29, 1.82) is 0 Å². The molecular formula is C25H29N5O4. The quantitative estimate of drug-likeness (QED) is 0.278. The van der Waals surface area contributed by atoms with Gasteiger partial charge in [-0.25, -0.2) is 4.98 Å². The fourth-order valence-corrected chi connectivity index (χ4v) is 3.48. The third kappa shape index (κ3) is 6.60. The number of nitrogens with zero attached hydrogens (tertiary/aromatic N) is 2. The summed E-state index contributed by atoms with van der Waals surface area (Å²) in [5.74, 6) is -0.0461. The number of nitrogens with one attached hydrogen (secondary N) is 1. The standard InChI is InChI=1S/C25H29N5O4/c1-2-3-6-22(34-16-17-7-13-20(14-8-17)30(32)33)23(26)18-9-11-19(12-10-18)25(31)29-21-5-4-15-28-24(21)27/h4-5,7-15,22-23H,2-3,6,16,26H2,1H3,(H2,27,28)(H,29,31). The van der Waals surface area contributed by atoms with Crippen LogP contribution in [0.2, 0.25) is 0 Å². The Morgan fingerprint density at radius 3 is 2.47 bits per heavy atom. The van der Waals surface area contributed by atoms with Gasteiger partial charge in [0.1, 0.15) is 5.82 Å². The molecule has 178 valence electrons. The summed E-state index contributed by atoms with van der Waals surface area (Å²) >= 11 is 0. The molecule has 0 spiro atoms. The fraction of sp³-hybridized carbons (Fsp3) is 0.280. The van der Waals surface area contributed by atoms with E-state index in [0.29, 0.717) is 17.9 Å². The molecule has 0 aliphatic heterocycles. The summed E-state index contributed by atoms with van der Waals surface area (Å²) in [4.78, 5) is 26.9. The number of aromatic nitrogens is 1. The average molecular weight is 464 g/mol. The lowest BCUT2D eigenvalue weighted by Crippen LogP contribution is -2.29. The number of ether oxygens (including phenoxy) is 1. The van der Waals surface area contributed by atoms with Crippen molar-refractivity contribution < 1.29 is 14.5 Å². The predicted octanol–water partition coefficient (Wildman–Crippen LogP) is 4.60. The second-order valence-corrected chi connectivity index (χ2v) is 7.95. The van der Waals surface area contributed by atoms with Crippen molar-refractivity contribution in [3.05, 3.63) is 93.7 Å². The number of hydrogen-bond donors (Lipinski definition) is 3. The number of carbonyl (C=O) groups excluding carboxylic acids is 1. The summed E-state index contributed by atoms with van der Waals surface area (Å²) in [5, 5.41) is 13.6. The number of nitrogen functional groups attached to an aromatic ring is 1. The van der Waals surface area contributed by atoms with Crippen molar-refractivity contribution >= 4 is 23.1 Å². The molecule has 2 aromatic carbocycles. The van der Waals surface area contributed by atoms with Gasteiger partial charge in [-0.1, -0.05) is 31.9 Å². The first-order chi connectivity index (χ1) is 16.4. The number of nitrogens with two attached hydrogens (primary N) is 2. The molecule has 3 aromatic rings. The first-order valence-corrected chi connectivity index (χ1v) is 11.1. The van der Waals surface area contributed by atoms with E-state index < -0.39 is 11.0 Å². The Morgan fingerprint density at radius 1 is 1.15 bits per heavy atom. The maximum absolute atomic E-state index is 12.6. The van der Waals surface area contributed by atoms with Gasteiger partial charge < -0.3 is 21.5 Å². The van der Waals surface area contributed by atoms with Gasteiger partial charge in [-0.2, -0.15) is 0 Å². The van der Waals surface area contributed by atoms with E-state index in [1.807, 2.05) is 12.1 Å². The highest BCUT2D eigenvalue weighted by atomic mass is 16.6. The van der Waals surface area contributed by atoms with Crippen molar-refractivity contribution in [2.45, 2.75) is 44.9 Å². The number of benzene rings is 2. The van der Waals surface area contributed by atoms with Crippen LogP contribution in [0, 0.1) is 10.1 Å². The summed E-state index contributed by atoms with van der Waals surface area (Å²) in [6.07, 6.45) is 4.03. The Morgan fingerprint density at radius 2 is 1.85 bits per heavy atom. The van der Waals surface area contributed by atoms with Crippen molar-refractivity contribution in [2.75, 3.05) is 11.1 Å². The lowest BCUT2D eigenvalue weighted by atomic mass is 9.97. The number of nitro benzene ring substituents is 1. The van der Waals surface area contributed by atoms with E-state index >= 15 is 0 Å². The lowest BCUT2D eigenvalue weighted by Gasteiger charge is -2.25. The van der Waals surface area contributed by atoms with Gasteiger partial charge in [-0.15, -0.1) is 0 Å². The molecule has 0 bridgehead atoms. The van der Waals surface area contributed by atoms with E-state index in [-0.39, 0.29) is 23.5 Å². The highest BCUT2D eigenvalue weighted by molar-refractivity contribution is 6.05. The van der Waals surface area contributed by atoms with Gasteiger partial charge in [0.15, 0.2) is 0 Å². The van der Waals surface area contributed by atoms with Crippen molar-refractivity contribution in [2.24, 2.45) is 5.73 Å².